The highest BCUT2D eigenvalue weighted by Crippen LogP contribution is 2.42. The molecule has 2 amide bonds. The summed E-state index contributed by atoms with van der Waals surface area (Å²) in [5.74, 6) is -7.27. The zero-order chi connectivity index (χ0) is 20.8. The summed E-state index contributed by atoms with van der Waals surface area (Å²) >= 11 is 0. The average molecular weight is 402 g/mol. The topological polar surface area (TPSA) is 49.4 Å². The number of rotatable bonds is 3. The maximum atomic E-state index is 13.7. The van der Waals surface area contributed by atoms with Gasteiger partial charge in [0.05, 0.1) is 17.3 Å². The average Bonchev–Trinajstić information content (AvgIpc) is 2.62. The fourth-order valence-electron chi connectivity index (χ4n) is 3.06. The molecule has 0 bridgehead atoms. The second kappa shape index (κ2) is 6.84. The fourth-order valence-corrected chi connectivity index (χ4v) is 3.06. The van der Waals surface area contributed by atoms with Gasteiger partial charge in [-0.1, -0.05) is 12.1 Å². The van der Waals surface area contributed by atoms with Gasteiger partial charge in [-0.2, -0.15) is 13.2 Å². The van der Waals surface area contributed by atoms with Crippen LogP contribution in [0.5, 0.6) is 0 Å². The minimum atomic E-state index is -4.96. The van der Waals surface area contributed by atoms with E-state index in [1.807, 2.05) is 0 Å². The van der Waals surface area contributed by atoms with Crippen molar-refractivity contribution in [2.75, 3.05) is 12.4 Å². The van der Waals surface area contributed by atoms with E-state index in [4.69, 9.17) is 0 Å². The normalized spacial score (nSPS) is 19.4. The highest BCUT2D eigenvalue weighted by molar-refractivity contribution is 6.10. The number of nitrogens with one attached hydrogen (secondary N) is 1. The lowest BCUT2D eigenvalue weighted by Gasteiger charge is -2.44. The lowest BCUT2D eigenvalue weighted by molar-refractivity contribution is -0.158. The third-order valence-electron chi connectivity index (χ3n) is 4.48. The van der Waals surface area contributed by atoms with Gasteiger partial charge in [-0.15, -0.1) is 0 Å². The van der Waals surface area contributed by atoms with Crippen LogP contribution in [0.4, 0.5) is 32.0 Å². The number of carbonyl (C=O) groups is 2. The number of hydrogen-bond acceptors (Lipinski definition) is 2. The van der Waals surface area contributed by atoms with Crippen molar-refractivity contribution in [3.63, 3.8) is 0 Å². The SMILES string of the molecule is CN1C(=O)C(C(=O)Nc2cccc(F)c2F)C1c1ccc(F)c(C(F)(F)F)c1. The van der Waals surface area contributed by atoms with Crippen molar-refractivity contribution in [3.05, 3.63) is 65.0 Å². The van der Waals surface area contributed by atoms with Crippen molar-refractivity contribution in [1.82, 2.24) is 4.90 Å². The van der Waals surface area contributed by atoms with Gasteiger partial charge in [0.25, 0.3) is 0 Å². The van der Waals surface area contributed by atoms with Gasteiger partial charge < -0.3 is 10.2 Å². The number of amides is 2. The molecule has 2 aromatic rings. The van der Waals surface area contributed by atoms with Gasteiger partial charge in [0.15, 0.2) is 11.6 Å². The molecule has 148 valence electrons. The second-order valence-corrected chi connectivity index (χ2v) is 6.20. The summed E-state index contributed by atoms with van der Waals surface area (Å²) in [6.07, 6.45) is -4.96. The van der Waals surface area contributed by atoms with Gasteiger partial charge in [0, 0.05) is 7.05 Å². The predicted molar refractivity (Wildman–Crippen MR) is 85.4 cm³/mol. The molecule has 2 unspecified atom stereocenters. The van der Waals surface area contributed by atoms with Gasteiger partial charge in [0.1, 0.15) is 11.7 Å². The van der Waals surface area contributed by atoms with E-state index in [1.165, 1.54) is 7.05 Å². The molecule has 0 saturated carbocycles. The minimum Gasteiger partial charge on any atom is -0.337 e. The second-order valence-electron chi connectivity index (χ2n) is 6.20. The Hall–Kier alpha value is -3.04. The molecule has 0 radical (unpaired) electrons. The molecule has 1 aliphatic rings. The molecule has 2 aromatic carbocycles. The van der Waals surface area contributed by atoms with E-state index in [0.717, 1.165) is 29.2 Å². The molecule has 1 heterocycles. The van der Waals surface area contributed by atoms with Crippen molar-refractivity contribution >= 4 is 17.5 Å². The van der Waals surface area contributed by atoms with Crippen LogP contribution in [0, 0.1) is 23.4 Å². The van der Waals surface area contributed by atoms with E-state index in [0.29, 0.717) is 12.1 Å². The molecule has 0 aliphatic carbocycles. The quantitative estimate of drug-likeness (QED) is 0.481. The van der Waals surface area contributed by atoms with E-state index in [1.54, 1.807) is 0 Å². The van der Waals surface area contributed by atoms with Gasteiger partial charge in [-0.25, -0.2) is 13.2 Å². The molecule has 1 aliphatic heterocycles. The lowest BCUT2D eigenvalue weighted by atomic mass is 9.81. The number of likely N-dealkylation sites (tertiary alicyclic amines) is 1. The van der Waals surface area contributed by atoms with Gasteiger partial charge in [0.2, 0.25) is 11.8 Å². The number of β-lactam (4-membered cyclic amide) rings is 1. The van der Waals surface area contributed by atoms with Crippen molar-refractivity contribution in [2.45, 2.75) is 12.2 Å². The molecule has 1 fully saturated rings. The molecular weight excluding hydrogens is 390 g/mol. The molecule has 0 aromatic heterocycles. The maximum absolute atomic E-state index is 13.7. The number of hydrogen-bond donors (Lipinski definition) is 1. The highest BCUT2D eigenvalue weighted by atomic mass is 19.4. The summed E-state index contributed by atoms with van der Waals surface area (Å²) in [4.78, 5) is 25.5. The van der Waals surface area contributed by atoms with Gasteiger partial charge >= 0.3 is 6.18 Å². The van der Waals surface area contributed by atoms with E-state index in [9.17, 15) is 35.9 Å². The Kier molecular flexibility index (Phi) is 4.82. The summed E-state index contributed by atoms with van der Waals surface area (Å²) < 4.78 is 79.3. The Morgan fingerprint density at radius 2 is 1.75 bits per heavy atom. The van der Waals surface area contributed by atoms with E-state index >= 15 is 0 Å². The number of carbonyl (C=O) groups excluding carboxylic acids is 2. The fraction of sp³-hybridized carbons (Fsp3) is 0.222. The number of nitrogens with zero attached hydrogens (tertiary/aromatic N) is 1. The first-order valence-corrected chi connectivity index (χ1v) is 7.90. The first kappa shape index (κ1) is 19.7. The summed E-state index contributed by atoms with van der Waals surface area (Å²) in [6, 6.07) is 4.05. The smallest absolute Gasteiger partial charge is 0.337 e. The first-order valence-electron chi connectivity index (χ1n) is 7.90. The zero-order valence-electron chi connectivity index (χ0n) is 14.2. The summed E-state index contributed by atoms with van der Waals surface area (Å²) in [5, 5.41) is 2.06. The predicted octanol–water partition coefficient (Wildman–Crippen LogP) is 3.89. The highest BCUT2D eigenvalue weighted by Gasteiger charge is 2.51. The Bertz CT molecular complexity index is 960. The van der Waals surface area contributed by atoms with Crippen molar-refractivity contribution in [1.29, 1.82) is 0 Å². The van der Waals surface area contributed by atoms with E-state index in [2.05, 4.69) is 5.32 Å². The monoisotopic (exact) mass is 402 g/mol. The van der Waals surface area contributed by atoms with E-state index in [-0.39, 0.29) is 5.56 Å². The molecule has 10 heteroatoms. The van der Waals surface area contributed by atoms with Crippen LogP contribution in [-0.4, -0.2) is 23.8 Å². The van der Waals surface area contributed by atoms with Crippen LogP contribution in [0.3, 0.4) is 0 Å². The van der Waals surface area contributed by atoms with Crippen molar-refractivity contribution in [2.24, 2.45) is 5.92 Å². The Morgan fingerprint density at radius 1 is 1.07 bits per heavy atom. The molecule has 4 nitrogen and oxygen atoms in total. The van der Waals surface area contributed by atoms with Crippen LogP contribution >= 0.6 is 0 Å². The molecule has 1 N–H and O–H groups in total. The third-order valence-corrected chi connectivity index (χ3v) is 4.48. The van der Waals surface area contributed by atoms with Crippen molar-refractivity contribution < 1.29 is 35.9 Å². The summed E-state index contributed by atoms with van der Waals surface area (Å²) in [6.45, 7) is 0. The molecule has 3 rings (SSSR count). The molecule has 0 spiro atoms. The Morgan fingerprint density at radius 3 is 2.39 bits per heavy atom. The van der Waals surface area contributed by atoms with E-state index < -0.39 is 58.7 Å². The van der Waals surface area contributed by atoms with Crippen LogP contribution < -0.4 is 5.32 Å². The van der Waals surface area contributed by atoms with Gasteiger partial charge in [-0.3, -0.25) is 9.59 Å². The number of halogens is 6. The standard InChI is InChI=1S/C18H12F6N2O2/c1-26-15(8-5-6-10(19)9(7-8)18(22,23)24)13(17(26)28)16(27)25-12-4-2-3-11(20)14(12)21/h2-7,13,15H,1H3,(H,25,27). The minimum absolute atomic E-state index is 0.115. The van der Waals surface area contributed by atoms with Crippen molar-refractivity contribution in [3.8, 4) is 0 Å². The molecular formula is C18H12F6N2O2. The number of anilines is 1. The number of benzene rings is 2. The van der Waals surface area contributed by atoms with Crippen LogP contribution in [0.2, 0.25) is 0 Å². The third kappa shape index (κ3) is 3.30. The molecule has 2 atom stereocenters. The van der Waals surface area contributed by atoms with Gasteiger partial charge in [-0.05, 0) is 29.8 Å². The summed E-state index contributed by atoms with van der Waals surface area (Å²) in [5.41, 5.74) is -2.16. The zero-order valence-corrected chi connectivity index (χ0v) is 14.2. The maximum Gasteiger partial charge on any atom is 0.419 e. The Labute approximate surface area is 154 Å². The largest absolute Gasteiger partial charge is 0.419 e. The summed E-state index contributed by atoms with van der Waals surface area (Å²) in [7, 11) is 1.26. The number of alkyl halides is 3. The van der Waals surface area contributed by atoms with Crippen LogP contribution in [0.1, 0.15) is 17.2 Å². The van der Waals surface area contributed by atoms with Crippen LogP contribution in [0.25, 0.3) is 0 Å². The first-order chi connectivity index (χ1) is 13.0. The Balaban J connectivity index is 1.91. The van der Waals surface area contributed by atoms with Crippen LogP contribution in [-0.2, 0) is 15.8 Å². The molecule has 28 heavy (non-hydrogen) atoms. The van der Waals surface area contributed by atoms with Crippen LogP contribution in [0.15, 0.2) is 36.4 Å². The lowest BCUT2D eigenvalue weighted by Crippen LogP contribution is -2.57. The molecule has 1 saturated heterocycles.